The van der Waals surface area contributed by atoms with E-state index in [0.717, 1.165) is 5.56 Å². The Kier molecular flexibility index (Phi) is 6.93. The predicted molar refractivity (Wildman–Crippen MR) is 99.2 cm³/mol. The van der Waals surface area contributed by atoms with Crippen LogP contribution in [-0.4, -0.2) is 45.0 Å². The van der Waals surface area contributed by atoms with Crippen molar-refractivity contribution in [2.45, 2.75) is 45.1 Å². The van der Waals surface area contributed by atoms with Crippen LogP contribution in [0.3, 0.4) is 0 Å². The number of hydrogen-bond acceptors (Lipinski definition) is 4. The van der Waals surface area contributed by atoms with Crippen molar-refractivity contribution in [1.29, 1.82) is 0 Å². The standard InChI is InChI=1S/C19H27NO4S/c1-5-24-18(21)16-11-12-20(25(22)19(2,3)4)17(16)14-23-13-15-9-7-6-8-10-15/h6-11,17H,5,12-14H2,1-4H3/t17-,25?/m1/s1. The maximum absolute atomic E-state index is 12.8. The lowest BCUT2D eigenvalue weighted by molar-refractivity contribution is -0.139. The van der Waals surface area contributed by atoms with Crippen LogP contribution in [0.15, 0.2) is 42.0 Å². The second kappa shape index (κ2) is 8.74. The van der Waals surface area contributed by atoms with Gasteiger partial charge >= 0.3 is 5.97 Å². The van der Waals surface area contributed by atoms with Crippen LogP contribution < -0.4 is 0 Å². The number of benzene rings is 1. The first-order valence-electron chi connectivity index (χ1n) is 8.52. The van der Waals surface area contributed by atoms with Gasteiger partial charge in [0.05, 0.1) is 36.2 Å². The molecule has 0 radical (unpaired) electrons. The Morgan fingerprint density at radius 2 is 1.96 bits per heavy atom. The third-order valence-corrected chi connectivity index (χ3v) is 5.71. The van der Waals surface area contributed by atoms with E-state index in [4.69, 9.17) is 9.47 Å². The van der Waals surface area contributed by atoms with Crippen molar-refractivity contribution in [2.24, 2.45) is 0 Å². The summed E-state index contributed by atoms with van der Waals surface area (Å²) in [6.45, 7) is 9.06. The molecule has 6 heteroatoms. The van der Waals surface area contributed by atoms with Gasteiger partial charge in [-0.05, 0) is 33.3 Å². The maximum Gasteiger partial charge on any atom is 0.335 e. The molecule has 5 nitrogen and oxygen atoms in total. The third-order valence-electron chi connectivity index (χ3n) is 3.83. The second-order valence-corrected chi connectivity index (χ2v) is 9.05. The zero-order chi connectivity index (χ0) is 18.4. The molecule has 0 aromatic heterocycles. The molecule has 1 heterocycles. The minimum atomic E-state index is -1.24. The molecule has 0 spiro atoms. The molecule has 2 atom stereocenters. The summed E-state index contributed by atoms with van der Waals surface area (Å²) >= 11 is 0. The van der Waals surface area contributed by atoms with Crippen LogP contribution in [0.2, 0.25) is 0 Å². The van der Waals surface area contributed by atoms with Crippen molar-refractivity contribution in [2.75, 3.05) is 19.8 Å². The fraction of sp³-hybridized carbons (Fsp3) is 0.526. The lowest BCUT2D eigenvalue weighted by Gasteiger charge is -2.31. The summed E-state index contributed by atoms with van der Waals surface area (Å²) in [5.41, 5.74) is 1.60. The molecule has 0 saturated heterocycles. The fourth-order valence-electron chi connectivity index (χ4n) is 2.61. The summed E-state index contributed by atoms with van der Waals surface area (Å²) in [6, 6.07) is 9.49. The zero-order valence-electron chi connectivity index (χ0n) is 15.4. The predicted octanol–water partition coefficient (Wildman–Crippen LogP) is 2.84. The van der Waals surface area contributed by atoms with E-state index in [9.17, 15) is 9.00 Å². The second-order valence-electron chi connectivity index (χ2n) is 6.86. The van der Waals surface area contributed by atoms with Gasteiger partial charge in [-0.15, -0.1) is 0 Å². The largest absolute Gasteiger partial charge is 0.463 e. The Morgan fingerprint density at radius 3 is 2.56 bits per heavy atom. The van der Waals surface area contributed by atoms with Crippen LogP contribution in [0, 0.1) is 0 Å². The molecular weight excluding hydrogens is 338 g/mol. The van der Waals surface area contributed by atoms with Gasteiger partial charge in [-0.25, -0.2) is 13.3 Å². The van der Waals surface area contributed by atoms with E-state index in [-0.39, 0.29) is 12.0 Å². The first-order chi connectivity index (χ1) is 11.8. The van der Waals surface area contributed by atoms with Gasteiger partial charge in [0.2, 0.25) is 0 Å². The van der Waals surface area contributed by atoms with E-state index in [0.29, 0.717) is 31.9 Å². The number of nitrogens with zero attached hydrogens (tertiary/aromatic N) is 1. The van der Waals surface area contributed by atoms with Gasteiger partial charge in [-0.3, -0.25) is 0 Å². The lowest BCUT2D eigenvalue weighted by Crippen LogP contribution is -2.44. The van der Waals surface area contributed by atoms with Crippen LogP contribution in [0.25, 0.3) is 0 Å². The molecule has 0 amide bonds. The highest BCUT2D eigenvalue weighted by atomic mass is 32.2. The van der Waals surface area contributed by atoms with Gasteiger partial charge in [0.15, 0.2) is 0 Å². The van der Waals surface area contributed by atoms with E-state index >= 15 is 0 Å². The lowest BCUT2D eigenvalue weighted by atomic mass is 10.1. The van der Waals surface area contributed by atoms with Gasteiger partial charge in [0, 0.05) is 6.54 Å². The SMILES string of the molecule is CCOC(=O)C1=CCN(S(=O)C(C)(C)C)[C@@H]1COCc1ccccc1. The smallest absolute Gasteiger partial charge is 0.335 e. The van der Waals surface area contributed by atoms with Crippen molar-refractivity contribution in [3.8, 4) is 0 Å². The van der Waals surface area contributed by atoms with E-state index in [1.165, 1.54) is 0 Å². The molecule has 25 heavy (non-hydrogen) atoms. The molecular formula is C19H27NO4S. The molecule has 0 bridgehead atoms. The number of hydrogen-bond donors (Lipinski definition) is 0. The normalized spacial score (nSPS) is 19.5. The van der Waals surface area contributed by atoms with Gasteiger partial charge in [0.1, 0.15) is 11.0 Å². The molecule has 1 aromatic carbocycles. The first-order valence-corrected chi connectivity index (χ1v) is 9.62. The molecule has 138 valence electrons. The van der Waals surface area contributed by atoms with Crippen molar-refractivity contribution in [3.63, 3.8) is 0 Å². The Bertz CT molecular complexity index is 637. The molecule has 0 aliphatic carbocycles. The summed E-state index contributed by atoms with van der Waals surface area (Å²) in [4.78, 5) is 12.2. The average molecular weight is 365 g/mol. The van der Waals surface area contributed by atoms with Crippen molar-refractivity contribution in [3.05, 3.63) is 47.5 Å². The molecule has 1 aliphatic heterocycles. The fourth-order valence-corrected chi connectivity index (χ4v) is 3.93. The number of rotatable bonds is 7. The van der Waals surface area contributed by atoms with Crippen LogP contribution in [0.4, 0.5) is 0 Å². The zero-order valence-corrected chi connectivity index (χ0v) is 16.2. The van der Waals surface area contributed by atoms with Gasteiger partial charge in [-0.1, -0.05) is 36.4 Å². The minimum Gasteiger partial charge on any atom is -0.463 e. The van der Waals surface area contributed by atoms with Gasteiger partial charge < -0.3 is 9.47 Å². The summed E-state index contributed by atoms with van der Waals surface area (Å²) in [6.07, 6.45) is 1.80. The summed E-state index contributed by atoms with van der Waals surface area (Å²) in [7, 11) is -1.24. The minimum absolute atomic E-state index is 0.293. The summed E-state index contributed by atoms with van der Waals surface area (Å²) < 4.78 is 25.2. The van der Waals surface area contributed by atoms with E-state index in [1.54, 1.807) is 13.0 Å². The van der Waals surface area contributed by atoms with Crippen LogP contribution in [0.1, 0.15) is 33.3 Å². The number of ether oxygens (including phenoxy) is 2. The number of esters is 1. The quantitative estimate of drug-likeness (QED) is 0.697. The highest BCUT2D eigenvalue weighted by Gasteiger charge is 2.39. The number of carbonyl (C=O) groups is 1. The molecule has 1 aromatic rings. The Labute approximate surface area is 152 Å². The Hall–Kier alpha value is -1.50. The Balaban J connectivity index is 2.08. The van der Waals surface area contributed by atoms with Crippen molar-refractivity contribution >= 4 is 17.0 Å². The van der Waals surface area contributed by atoms with Gasteiger partial charge in [-0.2, -0.15) is 0 Å². The van der Waals surface area contributed by atoms with Gasteiger partial charge in [0.25, 0.3) is 0 Å². The molecule has 0 saturated carbocycles. The van der Waals surface area contributed by atoms with E-state index in [2.05, 4.69) is 0 Å². The number of carbonyl (C=O) groups excluding carboxylic acids is 1. The topological polar surface area (TPSA) is 55.8 Å². The summed E-state index contributed by atoms with van der Waals surface area (Å²) in [5.74, 6) is -0.357. The van der Waals surface area contributed by atoms with E-state index < -0.39 is 15.7 Å². The highest BCUT2D eigenvalue weighted by molar-refractivity contribution is 7.84. The monoisotopic (exact) mass is 365 g/mol. The van der Waals surface area contributed by atoms with Crippen LogP contribution >= 0.6 is 0 Å². The Morgan fingerprint density at radius 1 is 1.28 bits per heavy atom. The molecule has 1 unspecified atom stereocenters. The molecule has 0 N–H and O–H groups in total. The molecule has 2 rings (SSSR count). The molecule has 0 fully saturated rings. The van der Waals surface area contributed by atoms with Crippen LogP contribution in [-0.2, 0) is 31.9 Å². The summed E-state index contributed by atoms with van der Waals surface area (Å²) in [5, 5.41) is 0. The first kappa shape index (κ1) is 19.8. The highest BCUT2D eigenvalue weighted by Crippen LogP contribution is 2.27. The average Bonchev–Trinajstić information content (AvgIpc) is 2.98. The van der Waals surface area contributed by atoms with Crippen molar-refractivity contribution in [1.82, 2.24) is 4.31 Å². The third kappa shape index (κ3) is 5.23. The van der Waals surface area contributed by atoms with Crippen molar-refractivity contribution < 1.29 is 18.5 Å². The maximum atomic E-state index is 12.8. The van der Waals surface area contributed by atoms with Crippen LogP contribution in [0.5, 0.6) is 0 Å². The molecule has 1 aliphatic rings. The van der Waals surface area contributed by atoms with E-state index in [1.807, 2.05) is 55.4 Å².